The third-order valence-electron chi connectivity index (χ3n) is 7.92. The number of alkyl halides is 1. The average molecular weight is 822 g/mol. The maximum Gasteiger partial charge on any atom is 0.412 e. The third kappa shape index (κ3) is 11.4. The molecule has 0 radical (unpaired) electrons. The lowest BCUT2D eigenvalue weighted by Crippen LogP contribution is -2.71. The van der Waals surface area contributed by atoms with Crippen LogP contribution in [0.15, 0.2) is 56.2 Å². The number of hydrogen-bond acceptors (Lipinski definition) is 14. The first kappa shape index (κ1) is 43.5. The number of ether oxygens (including phenoxy) is 4. The number of β-lactam (4-membered cyclic amide) rings is 1. The number of nitrogens with one attached hydrogen (secondary N) is 2. The molecule has 0 aromatic heterocycles. The number of esters is 2. The van der Waals surface area contributed by atoms with Crippen molar-refractivity contribution in [2.24, 2.45) is 15.5 Å². The number of thioether (sulfide) groups is 1. The van der Waals surface area contributed by atoms with Crippen molar-refractivity contribution in [3.05, 3.63) is 52.2 Å². The number of oxime groups is 1. The number of benzene rings is 1. The van der Waals surface area contributed by atoms with Gasteiger partial charge in [-0.1, -0.05) is 30.3 Å². The SMILES string of the molecule is COc1ccc(COC(=O)C2=C(CCl)CSC3[C@H](NC(=O)/C(=N\OC(C)(C)C(=O)OC(C)(C)C)C4=NSC(NC(=O)OC(C)(C)C)=CCC4C)C(=O)N23)cc1. The van der Waals surface area contributed by atoms with E-state index in [4.69, 9.17) is 35.4 Å². The van der Waals surface area contributed by atoms with Gasteiger partial charge in [-0.25, -0.2) is 18.8 Å². The van der Waals surface area contributed by atoms with Crippen LogP contribution in [0.4, 0.5) is 4.79 Å². The molecule has 3 aliphatic rings. The first-order valence-corrected chi connectivity index (χ1v) is 19.8. The zero-order chi connectivity index (χ0) is 40.9. The van der Waals surface area contributed by atoms with Crippen LogP contribution in [0.3, 0.4) is 0 Å². The number of fused-ring (bicyclic) bond motifs is 1. The number of halogens is 1. The maximum atomic E-state index is 14.1. The van der Waals surface area contributed by atoms with Crippen LogP contribution >= 0.6 is 35.3 Å². The molecule has 300 valence electrons. The zero-order valence-corrected chi connectivity index (χ0v) is 35.0. The van der Waals surface area contributed by atoms with Gasteiger partial charge >= 0.3 is 18.0 Å². The molecule has 4 rings (SSSR count). The van der Waals surface area contributed by atoms with E-state index in [1.54, 1.807) is 85.9 Å². The van der Waals surface area contributed by atoms with Crippen LogP contribution in [0, 0.1) is 5.92 Å². The monoisotopic (exact) mass is 821 g/mol. The Morgan fingerprint density at radius 3 is 2.27 bits per heavy atom. The smallest absolute Gasteiger partial charge is 0.412 e. The summed E-state index contributed by atoms with van der Waals surface area (Å²) >= 11 is 8.42. The minimum atomic E-state index is -1.63. The van der Waals surface area contributed by atoms with E-state index in [0.29, 0.717) is 34.1 Å². The molecule has 2 unspecified atom stereocenters. The van der Waals surface area contributed by atoms with Crippen molar-refractivity contribution in [1.82, 2.24) is 15.5 Å². The number of nitrogens with zero attached hydrogens (tertiary/aromatic N) is 3. The highest BCUT2D eigenvalue weighted by atomic mass is 35.5. The fourth-order valence-electron chi connectivity index (χ4n) is 5.10. The van der Waals surface area contributed by atoms with Crippen molar-refractivity contribution < 1.29 is 47.8 Å². The summed E-state index contributed by atoms with van der Waals surface area (Å²) in [5.74, 6) is -2.32. The van der Waals surface area contributed by atoms with E-state index in [-0.39, 0.29) is 29.6 Å². The fourth-order valence-corrected chi connectivity index (χ4v) is 7.54. The molecular formula is C37H48ClN5O10S2. The van der Waals surface area contributed by atoms with E-state index < -0.39 is 64.0 Å². The van der Waals surface area contributed by atoms with Gasteiger partial charge in [0.2, 0.25) is 5.60 Å². The van der Waals surface area contributed by atoms with E-state index in [9.17, 15) is 24.0 Å². The quantitative estimate of drug-likeness (QED) is 0.0506. The zero-order valence-electron chi connectivity index (χ0n) is 32.6. The number of rotatable bonds is 12. The van der Waals surface area contributed by atoms with Gasteiger partial charge in [-0.15, -0.1) is 23.4 Å². The molecule has 0 aliphatic carbocycles. The van der Waals surface area contributed by atoms with Crippen molar-refractivity contribution in [2.75, 3.05) is 18.7 Å². The Labute approximate surface area is 334 Å². The van der Waals surface area contributed by atoms with Gasteiger partial charge in [-0.2, -0.15) is 0 Å². The van der Waals surface area contributed by atoms with Gasteiger partial charge < -0.3 is 29.1 Å². The Hall–Kier alpha value is -4.22. The van der Waals surface area contributed by atoms with E-state index in [0.717, 1.165) is 11.9 Å². The van der Waals surface area contributed by atoms with Gasteiger partial charge in [0.1, 0.15) is 40.7 Å². The lowest BCUT2D eigenvalue weighted by Gasteiger charge is -2.49. The molecule has 1 aromatic carbocycles. The lowest BCUT2D eigenvalue weighted by molar-refractivity contribution is -0.179. The highest BCUT2D eigenvalue weighted by Gasteiger charge is 2.55. The largest absolute Gasteiger partial charge is 0.497 e. The van der Waals surface area contributed by atoms with E-state index >= 15 is 0 Å². The molecule has 1 aromatic rings. The van der Waals surface area contributed by atoms with Crippen molar-refractivity contribution in [3.8, 4) is 5.75 Å². The van der Waals surface area contributed by atoms with Crippen LogP contribution in [0.2, 0.25) is 0 Å². The number of hydrogen-bond donors (Lipinski definition) is 2. The molecule has 55 heavy (non-hydrogen) atoms. The second-order valence-corrected chi connectivity index (χ2v) is 17.5. The summed E-state index contributed by atoms with van der Waals surface area (Å²) in [5.41, 5.74) is -2.05. The minimum Gasteiger partial charge on any atom is -0.497 e. The lowest BCUT2D eigenvalue weighted by atomic mass is 9.96. The van der Waals surface area contributed by atoms with Gasteiger partial charge in [-0.05, 0) is 85.1 Å². The van der Waals surface area contributed by atoms with E-state index in [1.165, 1.54) is 30.5 Å². The minimum absolute atomic E-state index is 0.0107. The molecule has 3 aliphatic heterocycles. The summed E-state index contributed by atoms with van der Waals surface area (Å²) in [6.45, 7) is 15.0. The van der Waals surface area contributed by atoms with Gasteiger partial charge in [0, 0.05) is 29.5 Å². The first-order chi connectivity index (χ1) is 25.6. The van der Waals surface area contributed by atoms with Crippen molar-refractivity contribution >= 4 is 76.6 Å². The van der Waals surface area contributed by atoms with Crippen LogP contribution in [0.5, 0.6) is 5.75 Å². The van der Waals surface area contributed by atoms with E-state index in [2.05, 4.69) is 20.2 Å². The number of allylic oxidation sites excluding steroid dienone is 1. The van der Waals surface area contributed by atoms with Crippen LogP contribution in [-0.2, 0) is 44.8 Å². The summed E-state index contributed by atoms with van der Waals surface area (Å²) < 4.78 is 26.2. The highest BCUT2D eigenvalue weighted by molar-refractivity contribution is 8.02. The molecule has 18 heteroatoms. The van der Waals surface area contributed by atoms with Gasteiger partial charge in [0.15, 0.2) is 5.71 Å². The predicted molar refractivity (Wildman–Crippen MR) is 210 cm³/mol. The topological polar surface area (TPSA) is 184 Å². The molecular weight excluding hydrogens is 774 g/mol. The second kappa shape index (κ2) is 17.7. The summed E-state index contributed by atoms with van der Waals surface area (Å²) in [4.78, 5) is 73.8. The number of carbonyl (C=O) groups excluding carboxylic acids is 5. The summed E-state index contributed by atoms with van der Waals surface area (Å²) in [5, 5.41) is 9.26. The standard InChI is InChI=1S/C37H48ClN5O10S2/c1-20-11-16-24(39-34(48)52-36(5,6)7)55-42-25(20)26(41-53-37(8,9)33(47)51-35(2,3)4)29(44)40-27-30(45)43-28(22(17-38)19-54-31(27)43)32(46)50-18-21-12-14-23(49-10)15-13-21/h12-16,20,27,31H,11,17-19H2,1-10H3,(H,39,48)(H,40,44)/b41-26-/t20?,27-,31?/m1/s1. The number of carbonyl (C=O) groups is 5. The van der Waals surface area contributed by atoms with Crippen LogP contribution < -0.4 is 15.4 Å². The Morgan fingerprint density at radius 1 is 1.02 bits per heavy atom. The first-order valence-electron chi connectivity index (χ1n) is 17.4. The molecule has 3 heterocycles. The van der Waals surface area contributed by atoms with Crippen molar-refractivity contribution in [3.63, 3.8) is 0 Å². The summed E-state index contributed by atoms with van der Waals surface area (Å²) in [6, 6.07) is 5.92. The number of alkyl carbamates (subject to hydrolysis) is 1. The maximum absolute atomic E-state index is 14.1. The summed E-state index contributed by atoms with van der Waals surface area (Å²) in [7, 11) is 1.55. The number of methoxy groups -OCH3 is 1. The Kier molecular flexibility index (Phi) is 14.0. The molecule has 0 saturated carbocycles. The molecule has 3 amide bonds. The van der Waals surface area contributed by atoms with Gasteiger partial charge in [0.25, 0.3) is 11.8 Å². The van der Waals surface area contributed by atoms with Gasteiger partial charge in [0.05, 0.1) is 17.9 Å². The van der Waals surface area contributed by atoms with Gasteiger partial charge in [-0.3, -0.25) is 19.8 Å². The molecule has 0 bridgehead atoms. The predicted octanol–water partition coefficient (Wildman–Crippen LogP) is 5.62. The Balaban J connectivity index is 1.57. The Morgan fingerprint density at radius 2 is 1.67 bits per heavy atom. The molecule has 0 spiro atoms. The normalized spacial score (nSPS) is 20.5. The second-order valence-electron chi connectivity index (χ2n) is 15.3. The Bertz CT molecular complexity index is 1800. The van der Waals surface area contributed by atoms with Crippen molar-refractivity contribution in [2.45, 2.75) is 104 Å². The van der Waals surface area contributed by atoms with Crippen molar-refractivity contribution in [1.29, 1.82) is 0 Å². The van der Waals surface area contributed by atoms with Crippen LogP contribution in [0.25, 0.3) is 0 Å². The summed E-state index contributed by atoms with van der Waals surface area (Å²) in [6.07, 6.45) is 1.38. The third-order valence-corrected chi connectivity index (χ3v) is 10.3. The molecule has 1 fully saturated rings. The fraction of sp³-hybridized carbons (Fsp3) is 0.541. The molecule has 15 nitrogen and oxygen atoms in total. The van der Waals surface area contributed by atoms with Crippen LogP contribution in [0.1, 0.15) is 74.3 Å². The average Bonchev–Trinajstić information content (AvgIpc) is 3.27. The number of amides is 3. The van der Waals surface area contributed by atoms with E-state index in [1.807, 2.05) is 0 Å². The van der Waals surface area contributed by atoms with Crippen LogP contribution in [-0.4, -0.2) is 93.1 Å². The molecule has 1 saturated heterocycles. The molecule has 3 atom stereocenters. The molecule has 2 N–H and O–H groups in total. The highest BCUT2D eigenvalue weighted by Crippen LogP contribution is 2.41.